The van der Waals surface area contributed by atoms with Crippen LogP contribution in [0.2, 0.25) is 13.1 Å². The van der Waals surface area contributed by atoms with Crippen LogP contribution in [0.1, 0.15) is 37.4 Å². The highest BCUT2D eigenvalue weighted by Gasteiger charge is 2.42. The standard InChI is InChI=1S/C16H25NOSi/c1-16(2,3)17-19(5,6)15-13-10-8-7-9-12(13)11-14(15)18-4/h7-11,15,17H,1-6H3. The van der Waals surface area contributed by atoms with Crippen molar-refractivity contribution in [3.8, 4) is 0 Å². The molecule has 1 aromatic carbocycles. The van der Waals surface area contributed by atoms with Gasteiger partial charge in [0, 0.05) is 5.54 Å². The molecule has 1 N–H and O–H groups in total. The summed E-state index contributed by atoms with van der Waals surface area (Å²) in [6, 6.07) is 8.63. The number of hydrogen-bond donors (Lipinski definition) is 1. The van der Waals surface area contributed by atoms with Crippen LogP contribution in [-0.2, 0) is 4.74 Å². The lowest BCUT2D eigenvalue weighted by molar-refractivity contribution is 0.283. The Labute approximate surface area is 118 Å². The summed E-state index contributed by atoms with van der Waals surface area (Å²) < 4.78 is 5.66. The maximum atomic E-state index is 5.66. The summed E-state index contributed by atoms with van der Waals surface area (Å²) in [4.78, 5) is 3.86. The fourth-order valence-corrected chi connectivity index (χ4v) is 7.29. The van der Waals surface area contributed by atoms with Gasteiger partial charge in [0.25, 0.3) is 0 Å². The Morgan fingerprint density at radius 3 is 2.37 bits per heavy atom. The predicted octanol–water partition coefficient (Wildman–Crippen LogP) is 3.90. The van der Waals surface area contributed by atoms with E-state index in [1.54, 1.807) is 7.11 Å². The van der Waals surface area contributed by atoms with Gasteiger partial charge in [0.05, 0.1) is 12.7 Å². The second-order valence-electron chi connectivity index (χ2n) is 6.91. The number of benzene rings is 1. The molecule has 0 saturated heterocycles. The first-order chi connectivity index (χ1) is 8.74. The molecule has 1 aliphatic carbocycles. The molecule has 0 aromatic heterocycles. The van der Waals surface area contributed by atoms with Crippen molar-refractivity contribution in [2.45, 2.75) is 44.9 Å². The number of rotatable bonds is 3. The summed E-state index contributed by atoms with van der Waals surface area (Å²) in [6.07, 6.45) is 2.19. The van der Waals surface area contributed by atoms with E-state index in [1.165, 1.54) is 11.1 Å². The lowest BCUT2D eigenvalue weighted by Crippen LogP contribution is -2.58. The molecule has 1 atom stereocenters. The Hall–Kier alpha value is -1.06. The minimum Gasteiger partial charge on any atom is -0.501 e. The van der Waals surface area contributed by atoms with Gasteiger partial charge in [-0.3, -0.25) is 0 Å². The fourth-order valence-electron chi connectivity index (χ4n) is 3.25. The molecule has 0 spiro atoms. The van der Waals surface area contributed by atoms with Crippen LogP contribution in [0.5, 0.6) is 0 Å². The molecule has 0 bridgehead atoms. The first-order valence-electron chi connectivity index (χ1n) is 6.88. The molecule has 0 saturated carbocycles. The van der Waals surface area contributed by atoms with Gasteiger partial charge in [-0.15, -0.1) is 0 Å². The zero-order chi connectivity index (χ0) is 14.3. The fraction of sp³-hybridized carbons (Fsp3) is 0.500. The number of hydrogen-bond acceptors (Lipinski definition) is 2. The Bertz CT molecular complexity index is 500. The average molecular weight is 275 g/mol. The number of fused-ring (bicyclic) bond motifs is 1. The van der Waals surface area contributed by atoms with Gasteiger partial charge < -0.3 is 9.72 Å². The van der Waals surface area contributed by atoms with Crippen molar-refractivity contribution >= 4 is 14.3 Å². The number of nitrogens with one attached hydrogen (secondary N) is 1. The van der Waals surface area contributed by atoms with Crippen LogP contribution in [-0.4, -0.2) is 20.9 Å². The third-order valence-electron chi connectivity index (χ3n) is 3.54. The van der Waals surface area contributed by atoms with Crippen molar-refractivity contribution in [3.05, 3.63) is 41.2 Å². The summed E-state index contributed by atoms with van der Waals surface area (Å²) in [5.41, 5.74) is 3.24. The molecule has 0 fully saturated rings. The highest BCUT2D eigenvalue weighted by molar-refractivity contribution is 6.77. The minimum absolute atomic E-state index is 0.131. The Balaban J connectivity index is 2.40. The van der Waals surface area contributed by atoms with Gasteiger partial charge >= 0.3 is 0 Å². The first kappa shape index (κ1) is 14.3. The van der Waals surface area contributed by atoms with E-state index >= 15 is 0 Å². The van der Waals surface area contributed by atoms with Gasteiger partial charge in [0.15, 0.2) is 0 Å². The number of ether oxygens (including phenoxy) is 1. The van der Waals surface area contributed by atoms with Crippen molar-refractivity contribution < 1.29 is 4.74 Å². The van der Waals surface area contributed by atoms with E-state index in [1.807, 2.05) is 0 Å². The van der Waals surface area contributed by atoms with Crippen molar-refractivity contribution in [3.63, 3.8) is 0 Å². The SMILES string of the molecule is COC1=Cc2ccccc2C1[Si](C)(C)NC(C)(C)C. The molecule has 0 heterocycles. The lowest BCUT2D eigenvalue weighted by Gasteiger charge is -2.38. The molecule has 2 rings (SSSR count). The van der Waals surface area contributed by atoms with Crippen LogP contribution in [0.25, 0.3) is 6.08 Å². The lowest BCUT2D eigenvalue weighted by atomic mass is 10.1. The second-order valence-corrected chi connectivity index (χ2v) is 11.2. The van der Waals surface area contributed by atoms with Gasteiger partial charge in [0.2, 0.25) is 0 Å². The number of methoxy groups -OCH3 is 1. The van der Waals surface area contributed by atoms with Crippen molar-refractivity contribution in [1.82, 2.24) is 4.98 Å². The molecule has 1 aliphatic rings. The molecule has 0 aliphatic heterocycles. The normalized spacial score (nSPS) is 19.1. The quantitative estimate of drug-likeness (QED) is 0.845. The topological polar surface area (TPSA) is 21.3 Å². The van der Waals surface area contributed by atoms with Crippen molar-refractivity contribution in [2.75, 3.05) is 7.11 Å². The molecule has 0 amide bonds. The summed E-state index contributed by atoms with van der Waals surface area (Å²) in [5.74, 6) is 1.11. The average Bonchev–Trinajstić information content (AvgIpc) is 2.64. The van der Waals surface area contributed by atoms with E-state index in [-0.39, 0.29) is 5.54 Å². The van der Waals surface area contributed by atoms with Crippen LogP contribution in [0.15, 0.2) is 30.0 Å². The molecule has 2 nitrogen and oxygen atoms in total. The Morgan fingerprint density at radius 2 is 1.79 bits per heavy atom. The van der Waals surface area contributed by atoms with Crippen LogP contribution in [0.4, 0.5) is 0 Å². The Kier molecular flexibility index (Phi) is 3.62. The maximum absolute atomic E-state index is 5.66. The van der Waals surface area contributed by atoms with Crippen LogP contribution in [0, 0.1) is 0 Å². The van der Waals surface area contributed by atoms with Gasteiger partial charge in [-0.05, 0) is 38.0 Å². The van der Waals surface area contributed by atoms with Gasteiger partial charge in [0.1, 0.15) is 14.0 Å². The summed E-state index contributed by atoms with van der Waals surface area (Å²) in [6.45, 7) is 11.5. The summed E-state index contributed by atoms with van der Waals surface area (Å²) >= 11 is 0. The summed E-state index contributed by atoms with van der Waals surface area (Å²) in [5, 5.41) is 0. The molecular formula is C16H25NOSi. The highest BCUT2D eigenvalue weighted by atomic mass is 28.3. The van der Waals surface area contributed by atoms with E-state index in [9.17, 15) is 0 Å². The largest absolute Gasteiger partial charge is 0.501 e. The molecule has 1 aromatic rings. The van der Waals surface area contributed by atoms with Crippen LogP contribution in [0.3, 0.4) is 0 Å². The van der Waals surface area contributed by atoms with Crippen molar-refractivity contribution in [2.24, 2.45) is 0 Å². The monoisotopic (exact) mass is 275 g/mol. The van der Waals surface area contributed by atoms with Gasteiger partial charge in [-0.2, -0.15) is 0 Å². The predicted molar refractivity (Wildman–Crippen MR) is 84.5 cm³/mol. The van der Waals surface area contributed by atoms with Crippen LogP contribution < -0.4 is 4.98 Å². The Morgan fingerprint density at radius 1 is 1.16 bits per heavy atom. The zero-order valence-electron chi connectivity index (χ0n) is 12.9. The van der Waals surface area contributed by atoms with E-state index in [0.29, 0.717) is 5.54 Å². The molecule has 3 heteroatoms. The highest BCUT2D eigenvalue weighted by Crippen LogP contribution is 2.41. The molecular weight excluding hydrogens is 250 g/mol. The third-order valence-corrected chi connectivity index (χ3v) is 6.98. The second kappa shape index (κ2) is 4.80. The molecule has 19 heavy (non-hydrogen) atoms. The molecule has 104 valence electrons. The first-order valence-corrected chi connectivity index (χ1v) is 9.96. The van der Waals surface area contributed by atoms with E-state index in [2.05, 4.69) is 69.2 Å². The molecule has 1 unspecified atom stereocenters. The summed E-state index contributed by atoms with van der Waals surface area (Å²) in [7, 11) is 0.0998. The number of allylic oxidation sites excluding steroid dienone is 1. The maximum Gasteiger partial charge on any atom is 0.135 e. The smallest absolute Gasteiger partial charge is 0.135 e. The van der Waals surface area contributed by atoms with Crippen molar-refractivity contribution in [1.29, 1.82) is 0 Å². The van der Waals surface area contributed by atoms with Gasteiger partial charge in [-0.1, -0.05) is 37.4 Å². The van der Waals surface area contributed by atoms with Crippen LogP contribution >= 0.6 is 0 Å². The van der Waals surface area contributed by atoms with Gasteiger partial charge in [-0.25, -0.2) is 0 Å². The van der Waals surface area contributed by atoms with E-state index in [0.717, 1.165) is 5.76 Å². The van der Waals surface area contributed by atoms with E-state index in [4.69, 9.17) is 4.74 Å². The molecule has 0 radical (unpaired) electrons. The van der Waals surface area contributed by atoms with E-state index < -0.39 is 8.24 Å². The minimum atomic E-state index is -1.68. The zero-order valence-corrected chi connectivity index (χ0v) is 13.9. The third kappa shape index (κ3) is 2.93.